The van der Waals surface area contributed by atoms with Gasteiger partial charge < -0.3 is 20.4 Å². The smallest absolute Gasteiger partial charge is 0.111 e. The maximum Gasteiger partial charge on any atom is 0.111 e. The van der Waals surface area contributed by atoms with E-state index >= 15 is 0 Å². The lowest BCUT2D eigenvalue weighted by Crippen LogP contribution is -2.46. The zero-order chi connectivity index (χ0) is 10.4. The summed E-state index contributed by atoms with van der Waals surface area (Å²) in [7, 11) is 0. The molecule has 0 aromatic rings. The van der Waals surface area contributed by atoms with Gasteiger partial charge in [0.1, 0.15) is 12.5 Å². The SMILES string of the molecule is CC(CO)C(O)NC(O)C(C)CO. The molecule has 0 rings (SSSR count). The Balaban J connectivity index is 3.83. The van der Waals surface area contributed by atoms with Crippen LogP contribution in [0.5, 0.6) is 0 Å². The summed E-state index contributed by atoms with van der Waals surface area (Å²) >= 11 is 0. The lowest BCUT2D eigenvalue weighted by molar-refractivity contribution is -0.0308. The van der Waals surface area contributed by atoms with Crippen LogP contribution in [-0.4, -0.2) is 46.1 Å². The van der Waals surface area contributed by atoms with Gasteiger partial charge in [0.15, 0.2) is 0 Å². The summed E-state index contributed by atoms with van der Waals surface area (Å²) in [5, 5.41) is 38.5. The summed E-state index contributed by atoms with van der Waals surface area (Å²) in [6.45, 7) is 2.98. The molecule has 0 aromatic carbocycles. The molecule has 0 fully saturated rings. The second-order valence-electron chi connectivity index (χ2n) is 3.38. The zero-order valence-electron chi connectivity index (χ0n) is 8.01. The molecule has 0 heterocycles. The molecule has 0 aromatic heterocycles. The molecule has 0 aliphatic heterocycles. The number of hydrogen-bond acceptors (Lipinski definition) is 5. The van der Waals surface area contributed by atoms with Crippen LogP contribution in [-0.2, 0) is 0 Å². The van der Waals surface area contributed by atoms with Crippen molar-refractivity contribution in [2.45, 2.75) is 26.3 Å². The van der Waals surface area contributed by atoms with Gasteiger partial charge in [-0.3, -0.25) is 5.32 Å². The third-order valence-corrected chi connectivity index (χ3v) is 2.00. The van der Waals surface area contributed by atoms with Crippen LogP contribution in [0.2, 0.25) is 0 Å². The Morgan fingerprint density at radius 2 is 1.23 bits per heavy atom. The molecular weight excluding hydrogens is 174 g/mol. The van der Waals surface area contributed by atoms with Gasteiger partial charge in [0, 0.05) is 25.0 Å². The molecule has 0 saturated heterocycles. The molecule has 0 saturated carbocycles. The van der Waals surface area contributed by atoms with Crippen molar-refractivity contribution in [2.24, 2.45) is 11.8 Å². The van der Waals surface area contributed by atoms with Crippen molar-refractivity contribution >= 4 is 0 Å². The van der Waals surface area contributed by atoms with Crippen LogP contribution < -0.4 is 5.32 Å². The molecule has 0 spiro atoms. The summed E-state index contributed by atoms with van der Waals surface area (Å²) in [4.78, 5) is 0. The fourth-order valence-electron chi connectivity index (χ4n) is 0.703. The lowest BCUT2D eigenvalue weighted by atomic mass is 10.1. The van der Waals surface area contributed by atoms with Crippen LogP contribution in [0, 0.1) is 11.8 Å². The Kier molecular flexibility index (Phi) is 6.19. The predicted molar refractivity (Wildman–Crippen MR) is 47.6 cm³/mol. The maximum absolute atomic E-state index is 9.32. The minimum Gasteiger partial charge on any atom is -0.396 e. The van der Waals surface area contributed by atoms with Gasteiger partial charge in [0.2, 0.25) is 0 Å². The first kappa shape index (κ1) is 12.8. The summed E-state index contributed by atoms with van der Waals surface area (Å²) in [6.07, 6.45) is -1.93. The van der Waals surface area contributed by atoms with Crippen LogP contribution in [0.25, 0.3) is 0 Å². The van der Waals surface area contributed by atoms with E-state index in [0.29, 0.717) is 0 Å². The van der Waals surface area contributed by atoms with E-state index in [1.54, 1.807) is 13.8 Å². The van der Waals surface area contributed by atoms with Crippen molar-refractivity contribution in [1.29, 1.82) is 0 Å². The third-order valence-electron chi connectivity index (χ3n) is 2.00. The fourth-order valence-corrected chi connectivity index (χ4v) is 0.703. The molecule has 0 aliphatic rings. The molecule has 5 heteroatoms. The highest BCUT2D eigenvalue weighted by molar-refractivity contribution is 4.67. The Bertz CT molecular complexity index is 119. The lowest BCUT2D eigenvalue weighted by Gasteiger charge is -2.24. The van der Waals surface area contributed by atoms with Crippen molar-refractivity contribution in [3.05, 3.63) is 0 Å². The summed E-state index contributed by atoms with van der Waals surface area (Å²) in [5.41, 5.74) is 0. The average molecular weight is 193 g/mol. The number of aliphatic hydroxyl groups excluding tert-OH is 4. The van der Waals surface area contributed by atoms with E-state index in [1.165, 1.54) is 0 Å². The first-order valence-electron chi connectivity index (χ1n) is 4.36. The average Bonchev–Trinajstić information content (AvgIpc) is 2.14. The van der Waals surface area contributed by atoms with Gasteiger partial charge in [-0.05, 0) is 0 Å². The van der Waals surface area contributed by atoms with E-state index in [4.69, 9.17) is 10.2 Å². The quantitative estimate of drug-likeness (QED) is 0.330. The van der Waals surface area contributed by atoms with E-state index in [0.717, 1.165) is 0 Å². The van der Waals surface area contributed by atoms with E-state index in [-0.39, 0.29) is 25.0 Å². The Labute approximate surface area is 78.0 Å². The largest absolute Gasteiger partial charge is 0.396 e. The van der Waals surface area contributed by atoms with Crippen LogP contribution in [0.3, 0.4) is 0 Å². The molecule has 80 valence electrons. The molecule has 5 N–H and O–H groups in total. The van der Waals surface area contributed by atoms with Gasteiger partial charge in [-0.2, -0.15) is 0 Å². The van der Waals surface area contributed by atoms with E-state index in [2.05, 4.69) is 5.32 Å². The highest BCUT2D eigenvalue weighted by Crippen LogP contribution is 2.03. The first-order valence-corrected chi connectivity index (χ1v) is 4.36. The van der Waals surface area contributed by atoms with Gasteiger partial charge in [-0.25, -0.2) is 0 Å². The van der Waals surface area contributed by atoms with Crippen molar-refractivity contribution in [3.8, 4) is 0 Å². The fraction of sp³-hybridized carbons (Fsp3) is 1.00. The monoisotopic (exact) mass is 193 g/mol. The number of rotatable bonds is 6. The molecule has 13 heavy (non-hydrogen) atoms. The van der Waals surface area contributed by atoms with Crippen molar-refractivity contribution < 1.29 is 20.4 Å². The molecule has 0 radical (unpaired) electrons. The number of hydrogen-bond donors (Lipinski definition) is 5. The van der Waals surface area contributed by atoms with E-state index in [1.807, 2.05) is 0 Å². The van der Waals surface area contributed by atoms with E-state index in [9.17, 15) is 10.2 Å². The van der Waals surface area contributed by atoms with E-state index < -0.39 is 12.5 Å². The standard InChI is InChI=1S/C8H19NO4/c1-5(3-10)7(12)9-8(13)6(2)4-11/h5-13H,3-4H2,1-2H3. The topological polar surface area (TPSA) is 93.0 Å². The van der Waals surface area contributed by atoms with Gasteiger partial charge >= 0.3 is 0 Å². The van der Waals surface area contributed by atoms with Crippen LogP contribution in [0.1, 0.15) is 13.8 Å². The molecule has 5 nitrogen and oxygen atoms in total. The summed E-state index contributed by atoms with van der Waals surface area (Å²) in [6, 6.07) is 0. The molecule has 0 aliphatic carbocycles. The number of aliphatic hydroxyl groups is 4. The number of nitrogens with one attached hydrogen (secondary N) is 1. The van der Waals surface area contributed by atoms with Gasteiger partial charge in [0.05, 0.1) is 0 Å². The minimum absolute atomic E-state index is 0.158. The molecular formula is C8H19NO4. The highest BCUT2D eigenvalue weighted by Gasteiger charge is 2.19. The second kappa shape index (κ2) is 6.28. The van der Waals surface area contributed by atoms with Crippen molar-refractivity contribution in [2.75, 3.05) is 13.2 Å². The molecule has 4 unspecified atom stereocenters. The highest BCUT2D eigenvalue weighted by atomic mass is 16.3. The summed E-state index contributed by atoms with van der Waals surface area (Å²) in [5.74, 6) is -0.693. The minimum atomic E-state index is -0.964. The maximum atomic E-state index is 9.32. The summed E-state index contributed by atoms with van der Waals surface area (Å²) < 4.78 is 0. The first-order chi connectivity index (χ1) is 6.02. The Morgan fingerprint density at radius 3 is 1.46 bits per heavy atom. The third kappa shape index (κ3) is 4.54. The van der Waals surface area contributed by atoms with Crippen LogP contribution in [0.4, 0.5) is 0 Å². The Morgan fingerprint density at radius 1 is 0.923 bits per heavy atom. The van der Waals surface area contributed by atoms with Gasteiger partial charge in [0.25, 0.3) is 0 Å². The zero-order valence-corrected chi connectivity index (χ0v) is 8.01. The Hall–Kier alpha value is -0.200. The molecule has 4 atom stereocenters. The van der Waals surface area contributed by atoms with Gasteiger partial charge in [-0.1, -0.05) is 13.8 Å². The second-order valence-corrected chi connectivity index (χ2v) is 3.38. The van der Waals surface area contributed by atoms with Gasteiger partial charge in [-0.15, -0.1) is 0 Å². The molecule has 0 amide bonds. The van der Waals surface area contributed by atoms with Crippen molar-refractivity contribution in [3.63, 3.8) is 0 Å². The van der Waals surface area contributed by atoms with Crippen molar-refractivity contribution in [1.82, 2.24) is 5.32 Å². The predicted octanol–water partition coefficient (Wildman–Crippen LogP) is -1.53. The van der Waals surface area contributed by atoms with Crippen LogP contribution in [0.15, 0.2) is 0 Å². The van der Waals surface area contributed by atoms with Crippen LogP contribution >= 0.6 is 0 Å². The normalized spacial score (nSPS) is 20.8. The molecule has 0 bridgehead atoms.